The van der Waals surface area contributed by atoms with E-state index in [2.05, 4.69) is 13.8 Å². The summed E-state index contributed by atoms with van der Waals surface area (Å²) in [5, 5.41) is 0. The van der Waals surface area contributed by atoms with Gasteiger partial charge in [0.25, 0.3) is 0 Å². The van der Waals surface area contributed by atoms with E-state index in [-0.39, 0.29) is 0 Å². The van der Waals surface area contributed by atoms with Crippen LogP contribution >= 0.6 is 17.8 Å². The predicted molar refractivity (Wildman–Crippen MR) is 51.0 cm³/mol. The van der Waals surface area contributed by atoms with Gasteiger partial charge in [-0.15, -0.1) is 0 Å². The van der Waals surface area contributed by atoms with E-state index < -0.39 is 17.5 Å². The van der Waals surface area contributed by atoms with Gasteiger partial charge >= 0.3 is 78.8 Å². The Morgan fingerprint density at radius 1 is 1.30 bits per heavy atom. The molecule has 0 nitrogen and oxygen atoms in total. The molecule has 0 heterocycles. The van der Waals surface area contributed by atoms with Crippen LogP contribution in [-0.2, 0) is 0 Å². The minimum atomic E-state index is -1.87. The van der Waals surface area contributed by atoms with Crippen LogP contribution in [-0.4, -0.2) is 17.5 Å². The van der Waals surface area contributed by atoms with Crippen molar-refractivity contribution in [3.05, 3.63) is 0 Å². The summed E-state index contributed by atoms with van der Waals surface area (Å²) in [6.07, 6.45) is 5.00. The molecule has 61 valence electrons. The maximum atomic E-state index is 5.94. The van der Waals surface area contributed by atoms with Crippen LogP contribution in [0.4, 0.5) is 0 Å². The van der Waals surface area contributed by atoms with Crippen LogP contribution < -0.4 is 0 Å². The molecule has 0 bridgehead atoms. The van der Waals surface area contributed by atoms with Crippen molar-refractivity contribution in [3.63, 3.8) is 0 Å². The molecule has 3 heteroatoms. The topological polar surface area (TPSA) is 0 Å². The second-order valence-corrected chi connectivity index (χ2v) is 13.3. The molecule has 1 radical (unpaired) electrons. The molecule has 0 fully saturated rings. The molecule has 0 N–H and O–H groups in total. The van der Waals surface area contributed by atoms with E-state index in [9.17, 15) is 0 Å². The Kier molecular flexibility index (Phi) is 8.02. The summed E-state index contributed by atoms with van der Waals surface area (Å²) in [5.41, 5.74) is 0. The van der Waals surface area contributed by atoms with Crippen molar-refractivity contribution in [2.45, 2.75) is 43.5 Å². The average Bonchev–Trinajstić information content (AvgIpc) is 1.89. The molecule has 0 rings (SSSR count). The molecule has 0 aliphatic heterocycles. The van der Waals surface area contributed by atoms with E-state index in [0.29, 0.717) is 3.93 Å². The van der Waals surface area contributed by atoms with E-state index >= 15 is 0 Å². The van der Waals surface area contributed by atoms with Crippen molar-refractivity contribution in [3.8, 4) is 0 Å². The van der Waals surface area contributed by atoms with Gasteiger partial charge < -0.3 is 0 Å². The summed E-state index contributed by atoms with van der Waals surface area (Å²) in [5.74, 6) is 0. The Morgan fingerprint density at radius 2 is 1.90 bits per heavy atom. The Labute approximate surface area is 78.5 Å². The summed E-state index contributed by atoms with van der Waals surface area (Å²) in [4.78, 5) is 0. The fraction of sp³-hybridized carbons (Fsp3) is 1.00. The van der Waals surface area contributed by atoms with E-state index in [1.807, 2.05) is 0 Å². The van der Waals surface area contributed by atoms with Crippen molar-refractivity contribution >= 4 is 35.3 Å². The summed E-state index contributed by atoms with van der Waals surface area (Å²) in [6.45, 7) is 4.39. The molecule has 0 aromatic heterocycles. The molecule has 0 spiro atoms. The van der Waals surface area contributed by atoms with Gasteiger partial charge in [0.15, 0.2) is 0 Å². The van der Waals surface area contributed by atoms with Crippen molar-refractivity contribution < 1.29 is 0 Å². The third-order valence-corrected chi connectivity index (χ3v) is 9.60. The van der Waals surface area contributed by atoms with Crippen LogP contribution in [0.15, 0.2) is 0 Å². The summed E-state index contributed by atoms with van der Waals surface area (Å²) in [6, 6.07) is 0. The maximum absolute atomic E-state index is 5.94. The molecule has 1 atom stereocenters. The number of hydrogen-bond donors (Lipinski definition) is 0. The number of hydrogen-bond acceptors (Lipinski definition) is 0. The fourth-order valence-electron chi connectivity index (χ4n) is 0.918. The molecule has 0 saturated carbocycles. The van der Waals surface area contributed by atoms with Crippen LogP contribution in [0.3, 0.4) is 0 Å². The number of halogens is 2. The second kappa shape index (κ2) is 7.05. The summed E-state index contributed by atoms with van der Waals surface area (Å²) in [7, 11) is 11.9. The zero-order valence-electron chi connectivity index (χ0n) is 6.66. The SMILES string of the molecule is CCCC[CH](CC)[Sn]([Cl])[Cl]. The summed E-state index contributed by atoms with van der Waals surface area (Å²) < 4.78 is 0.700. The average molecular weight is 289 g/mol. The second-order valence-electron chi connectivity index (χ2n) is 2.54. The molecular weight excluding hydrogens is 274 g/mol. The third-order valence-electron chi connectivity index (χ3n) is 1.71. The van der Waals surface area contributed by atoms with Crippen LogP contribution in [0.2, 0.25) is 3.93 Å². The molecule has 0 amide bonds. The normalized spacial score (nSPS) is 14.1. The molecule has 0 saturated heterocycles. The molecule has 10 heavy (non-hydrogen) atoms. The van der Waals surface area contributed by atoms with Gasteiger partial charge in [0, 0.05) is 0 Å². The van der Waals surface area contributed by atoms with Gasteiger partial charge in [-0.25, -0.2) is 0 Å². The van der Waals surface area contributed by atoms with Crippen LogP contribution in [0.1, 0.15) is 39.5 Å². The van der Waals surface area contributed by atoms with Crippen molar-refractivity contribution in [1.82, 2.24) is 0 Å². The van der Waals surface area contributed by atoms with Gasteiger partial charge in [-0.3, -0.25) is 0 Å². The van der Waals surface area contributed by atoms with E-state index in [0.717, 1.165) is 0 Å². The van der Waals surface area contributed by atoms with Gasteiger partial charge in [0.2, 0.25) is 0 Å². The van der Waals surface area contributed by atoms with E-state index in [1.54, 1.807) is 0 Å². The molecular formula is C7H15Cl2Sn. The third kappa shape index (κ3) is 5.09. The Bertz CT molecular complexity index is 76.0. The fourth-order valence-corrected chi connectivity index (χ4v) is 6.54. The first-order chi connectivity index (χ1) is 4.72. The van der Waals surface area contributed by atoms with Crippen molar-refractivity contribution in [2.24, 2.45) is 0 Å². The van der Waals surface area contributed by atoms with Crippen LogP contribution in [0, 0.1) is 0 Å². The quantitative estimate of drug-likeness (QED) is 0.673. The van der Waals surface area contributed by atoms with Gasteiger partial charge in [-0.05, 0) is 0 Å². The molecule has 0 aromatic carbocycles. The van der Waals surface area contributed by atoms with E-state index in [4.69, 9.17) is 17.8 Å². The van der Waals surface area contributed by atoms with Gasteiger partial charge in [0.1, 0.15) is 0 Å². The number of unbranched alkanes of at least 4 members (excludes halogenated alkanes) is 1. The molecule has 1 unspecified atom stereocenters. The van der Waals surface area contributed by atoms with Gasteiger partial charge in [0.05, 0.1) is 0 Å². The summed E-state index contributed by atoms with van der Waals surface area (Å²) >= 11 is -1.87. The first-order valence-corrected chi connectivity index (χ1v) is 12.8. The van der Waals surface area contributed by atoms with Crippen LogP contribution in [0.5, 0.6) is 0 Å². The zero-order valence-corrected chi connectivity index (χ0v) is 11.0. The minimum absolute atomic E-state index is 0.700. The molecule has 0 aromatic rings. The Balaban J connectivity index is 3.40. The zero-order chi connectivity index (χ0) is 7.98. The predicted octanol–water partition coefficient (Wildman–Crippen LogP) is 3.92. The molecule has 0 aliphatic rings. The first-order valence-electron chi connectivity index (χ1n) is 3.90. The Morgan fingerprint density at radius 3 is 2.20 bits per heavy atom. The van der Waals surface area contributed by atoms with Crippen molar-refractivity contribution in [2.75, 3.05) is 0 Å². The monoisotopic (exact) mass is 289 g/mol. The van der Waals surface area contributed by atoms with Gasteiger partial charge in [-0.1, -0.05) is 0 Å². The van der Waals surface area contributed by atoms with Gasteiger partial charge in [-0.2, -0.15) is 0 Å². The van der Waals surface area contributed by atoms with E-state index in [1.165, 1.54) is 25.7 Å². The standard InChI is InChI=1S/C7H15.2ClH.Sn/c1-3-5-7-6-4-2;;;/h5H,3-4,6-7H2,1-2H3;2*1H;/q;;;+2/p-2. The van der Waals surface area contributed by atoms with Crippen molar-refractivity contribution in [1.29, 1.82) is 0 Å². The molecule has 0 aliphatic carbocycles. The first kappa shape index (κ1) is 11.4. The Hall–Kier alpha value is 1.38. The van der Waals surface area contributed by atoms with Crippen LogP contribution in [0.25, 0.3) is 0 Å². The number of rotatable bonds is 5.